The van der Waals surface area contributed by atoms with Crippen LogP contribution in [0.5, 0.6) is 0 Å². The summed E-state index contributed by atoms with van der Waals surface area (Å²) in [4.78, 5) is 3.88. The molecule has 0 aromatic carbocycles. The van der Waals surface area contributed by atoms with Crippen molar-refractivity contribution in [3.63, 3.8) is 0 Å². The molecular formula is C9H19N2+. The fraction of sp³-hybridized carbons (Fsp3) is 0.778. The van der Waals surface area contributed by atoms with Gasteiger partial charge in [0.25, 0.3) is 0 Å². The summed E-state index contributed by atoms with van der Waals surface area (Å²) < 4.78 is 0. The van der Waals surface area contributed by atoms with Crippen LogP contribution in [0.3, 0.4) is 0 Å². The van der Waals surface area contributed by atoms with E-state index in [-0.39, 0.29) is 0 Å². The maximum atomic E-state index is 2.39. The Labute approximate surface area is 69.5 Å². The van der Waals surface area contributed by atoms with Crippen molar-refractivity contribution >= 4 is 0 Å². The molecule has 1 aliphatic rings. The minimum atomic E-state index is 1.16. The summed E-state index contributed by atoms with van der Waals surface area (Å²) in [5, 5.41) is 0. The summed E-state index contributed by atoms with van der Waals surface area (Å²) in [6.45, 7) is 4.64. The molecule has 11 heavy (non-hydrogen) atoms. The fourth-order valence-electron chi connectivity index (χ4n) is 1.38. The number of hydrogen-bond acceptors (Lipinski definition) is 1. The van der Waals surface area contributed by atoms with Crippen molar-refractivity contribution in [2.75, 3.05) is 20.3 Å². The van der Waals surface area contributed by atoms with Crippen molar-refractivity contribution in [2.45, 2.75) is 26.2 Å². The normalized spacial score (nSPS) is 23.1. The molecule has 1 aliphatic heterocycles. The number of rotatable bonds is 4. The largest absolute Gasteiger partial charge is 0.326 e. The zero-order valence-corrected chi connectivity index (χ0v) is 7.64. The first-order chi connectivity index (χ1) is 5.33. The van der Waals surface area contributed by atoms with Crippen molar-refractivity contribution in [3.8, 4) is 0 Å². The summed E-state index contributed by atoms with van der Waals surface area (Å²) in [5.74, 6) is 0. The first-order valence-electron chi connectivity index (χ1n) is 4.57. The second-order valence-electron chi connectivity index (χ2n) is 3.34. The maximum absolute atomic E-state index is 2.39. The van der Waals surface area contributed by atoms with E-state index in [1.165, 1.54) is 30.7 Å². The van der Waals surface area contributed by atoms with Gasteiger partial charge in [-0.15, -0.1) is 0 Å². The van der Waals surface area contributed by atoms with E-state index in [2.05, 4.69) is 31.3 Å². The zero-order chi connectivity index (χ0) is 8.10. The van der Waals surface area contributed by atoms with E-state index < -0.39 is 0 Å². The number of nitrogens with zero attached hydrogens (tertiary/aromatic N) is 1. The van der Waals surface area contributed by atoms with Gasteiger partial charge in [-0.3, -0.25) is 4.90 Å². The van der Waals surface area contributed by atoms with Gasteiger partial charge in [0.1, 0.15) is 6.20 Å². The minimum Gasteiger partial charge on any atom is -0.326 e. The minimum absolute atomic E-state index is 1.16. The Morgan fingerprint density at radius 1 is 1.45 bits per heavy atom. The Bertz CT molecular complexity index is 132. The first kappa shape index (κ1) is 8.60. The predicted octanol–water partition coefficient (Wildman–Crippen LogP) is 0.436. The summed E-state index contributed by atoms with van der Waals surface area (Å²) in [7, 11) is 2.19. The maximum Gasteiger partial charge on any atom is 0.156 e. The Balaban J connectivity index is 2.05. The van der Waals surface area contributed by atoms with Crippen molar-refractivity contribution in [1.82, 2.24) is 4.90 Å². The van der Waals surface area contributed by atoms with Crippen LogP contribution in [0.15, 0.2) is 12.4 Å². The molecule has 1 N–H and O–H groups in total. The molecule has 0 saturated heterocycles. The van der Waals surface area contributed by atoms with E-state index in [1.54, 1.807) is 0 Å². The molecule has 0 bridgehead atoms. The highest BCUT2D eigenvalue weighted by molar-refractivity contribution is 4.76. The van der Waals surface area contributed by atoms with E-state index in [1.807, 2.05) is 0 Å². The highest BCUT2D eigenvalue weighted by Gasteiger charge is 2.10. The third-order valence-corrected chi connectivity index (χ3v) is 2.07. The third-order valence-electron chi connectivity index (χ3n) is 2.07. The van der Waals surface area contributed by atoms with Gasteiger partial charge < -0.3 is 4.90 Å². The smallest absolute Gasteiger partial charge is 0.156 e. The standard InChI is InChI=1S/C9H18N2/c1-3-4-5-6-11-8-7-10(2)9-11/h7-8H,3-6,9H2,1-2H3/p+1. The molecule has 1 atom stereocenters. The summed E-state index contributed by atoms with van der Waals surface area (Å²) in [5.41, 5.74) is 0. The van der Waals surface area contributed by atoms with Crippen LogP contribution >= 0.6 is 0 Å². The Morgan fingerprint density at radius 2 is 2.27 bits per heavy atom. The van der Waals surface area contributed by atoms with Crippen molar-refractivity contribution in [3.05, 3.63) is 12.4 Å². The molecule has 1 unspecified atom stereocenters. The van der Waals surface area contributed by atoms with Gasteiger partial charge in [0.2, 0.25) is 0 Å². The topological polar surface area (TPSA) is 7.68 Å². The number of nitrogens with one attached hydrogen (secondary N) is 1. The van der Waals surface area contributed by atoms with Gasteiger partial charge in [-0.2, -0.15) is 0 Å². The highest BCUT2D eigenvalue weighted by atomic mass is 15.3. The lowest BCUT2D eigenvalue weighted by atomic mass is 10.2. The average molecular weight is 155 g/mol. The number of hydrogen-bond donors (Lipinski definition) is 1. The van der Waals surface area contributed by atoms with Crippen LogP contribution in [0.4, 0.5) is 0 Å². The van der Waals surface area contributed by atoms with Gasteiger partial charge in [-0.05, 0) is 6.42 Å². The van der Waals surface area contributed by atoms with Crippen LogP contribution in [-0.2, 0) is 0 Å². The first-order valence-corrected chi connectivity index (χ1v) is 4.57. The van der Waals surface area contributed by atoms with Gasteiger partial charge in [-0.1, -0.05) is 19.8 Å². The van der Waals surface area contributed by atoms with Crippen LogP contribution in [0, 0.1) is 0 Å². The molecule has 0 amide bonds. The fourth-order valence-corrected chi connectivity index (χ4v) is 1.38. The molecule has 0 aromatic rings. The third kappa shape index (κ3) is 2.93. The average Bonchev–Trinajstić information content (AvgIpc) is 2.37. The monoisotopic (exact) mass is 155 g/mol. The molecule has 2 nitrogen and oxygen atoms in total. The van der Waals surface area contributed by atoms with Gasteiger partial charge in [0.05, 0.1) is 13.2 Å². The van der Waals surface area contributed by atoms with Crippen molar-refractivity contribution < 1.29 is 4.90 Å². The molecule has 1 rings (SSSR count). The Kier molecular flexibility index (Phi) is 3.43. The SMILES string of the molecule is CCCCCN1C=C[NH+](C)C1. The Hall–Kier alpha value is -0.500. The van der Waals surface area contributed by atoms with Crippen LogP contribution in [0.25, 0.3) is 0 Å². The molecule has 0 spiro atoms. The lowest BCUT2D eigenvalue weighted by molar-refractivity contribution is -0.826. The molecule has 0 fully saturated rings. The molecule has 0 aliphatic carbocycles. The number of quaternary nitrogens is 1. The summed E-state index contributed by atoms with van der Waals surface area (Å²) in [6, 6.07) is 0. The molecule has 64 valence electrons. The number of unbranched alkanes of at least 4 members (excludes halogenated alkanes) is 2. The van der Waals surface area contributed by atoms with E-state index in [0.717, 1.165) is 6.67 Å². The van der Waals surface area contributed by atoms with Crippen molar-refractivity contribution in [1.29, 1.82) is 0 Å². The zero-order valence-electron chi connectivity index (χ0n) is 7.64. The van der Waals surface area contributed by atoms with Crippen LogP contribution in [0.2, 0.25) is 0 Å². The summed E-state index contributed by atoms with van der Waals surface area (Å²) in [6.07, 6.45) is 8.45. The molecule has 0 aromatic heterocycles. The van der Waals surface area contributed by atoms with Crippen LogP contribution in [-0.4, -0.2) is 25.2 Å². The quantitative estimate of drug-likeness (QED) is 0.579. The lowest BCUT2D eigenvalue weighted by Crippen LogP contribution is -3.03. The molecule has 1 heterocycles. The van der Waals surface area contributed by atoms with Gasteiger partial charge in [-0.25, -0.2) is 0 Å². The summed E-state index contributed by atoms with van der Waals surface area (Å²) >= 11 is 0. The lowest BCUT2D eigenvalue weighted by Gasteiger charge is -2.13. The van der Waals surface area contributed by atoms with Crippen LogP contribution in [0.1, 0.15) is 26.2 Å². The van der Waals surface area contributed by atoms with E-state index in [0.29, 0.717) is 0 Å². The van der Waals surface area contributed by atoms with Gasteiger partial charge in [0, 0.05) is 6.54 Å². The second-order valence-corrected chi connectivity index (χ2v) is 3.34. The van der Waals surface area contributed by atoms with Crippen molar-refractivity contribution in [2.24, 2.45) is 0 Å². The van der Waals surface area contributed by atoms with E-state index in [9.17, 15) is 0 Å². The van der Waals surface area contributed by atoms with E-state index in [4.69, 9.17) is 0 Å². The molecule has 0 saturated carbocycles. The Morgan fingerprint density at radius 3 is 2.82 bits per heavy atom. The van der Waals surface area contributed by atoms with Gasteiger partial charge in [0.15, 0.2) is 6.67 Å². The molecule has 2 heteroatoms. The molecular weight excluding hydrogens is 136 g/mol. The molecule has 0 radical (unpaired) electrons. The predicted molar refractivity (Wildman–Crippen MR) is 47.1 cm³/mol. The van der Waals surface area contributed by atoms with Crippen LogP contribution < -0.4 is 4.90 Å². The second kappa shape index (κ2) is 4.39. The van der Waals surface area contributed by atoms with Gasteiger partial charge >= 0.3 is 0 Å². The van der Waals surface area contributed by atoms with E-state index >= 15 is 0 Å². The highest BCUT2D eigenvalue weighted by Crippen LogP contribution is 1.98.